The number of alkyl halides is 6. The summed E-state index contributed by atoms with van der Waals surface area (Å²) in [5, 5.41) is 24.8. The van der Waals surface area contributed by atoms with Crippen molar-refractivity contribution in [1.82, 2.24) is 14.9 Å². The largest absolute Gasteiger partial charge is 0.492 e. The molecule has 1 aliphatic heterocycles. The van der Waals surface area contributed by atoms with Crippen LogP contribution in [0.5, 0.6) is 5.75 Å². The van der Waals surface area contributed by atoms with E-state index in [-0.39, 0.29) is 61.7 Å². The van der Waals surface area contributed by atoms with Crippen LogP contribution in [0.25, 0.3) is 11.0 Å². The number of hydrogen-bond donors (Lipinski definition) is 3. The molecule has 2 heterocycles. The third kappa shape index (κ3) is 4.38. The first-order valence-electron chi connectivity index (χ1n) is 12.3. The van der Waals surface area contributed by atoms with Crippen molar-refractivity contribution < 1.29 is 41.3 Å². The van der Waals surface area contributed by atoms with Crippen LogP contribution < -0.4 is 10.1 Å². The van der Waals surface area contributed by atoms with Crippen LogP contribution in [0, 0.1) is 10.8 Å². The fourth-order valence-corrected chi connectivity index (χ4v) is 6.86. The molecule has 1 aromatic heterocycles. The standard InChI is InChI=1S/C25H31F6N3O3/c1-14-6-23(36,21-9-22(10-21,11-21)25(29,30)31)7-15(33-14)8-37-16-4-17(24(26,27)28)19-18(5-16)32-13-34(19)12-20(2,3)35/h4-5,13-15,33,35-36H,6-12H2,1-3H3/t14-,15-,21?,22?,23-/m0/s1. The summed E-state index contributed by atoms with van der Waals surface area (Å²) < 4.78 is 88.9. The molecule has 4 fully saturated rings. The van der Waals surface area contributed by atoms with E-state index in [1.165, 1.54) is 30.8 Å². The molecule has 3 saturated carbocycles. The van der Waals surface area contributed by atoms with E-state index in [0.29, 0.717) is 6.42 Å². The second-order valence-corrected chi connectivity index (χ2v) is 12.1. The van der Waals surface area contributed by atoms with Gasteiger partial charge in [0.1, 0.15) is 12.4 Å². The van der Waals surface area contributed by atoms with Crippen LogP contribution in [-0.4, -0.2) is 55.8 Å². The molecular formula is C25H31F6N3O3. The number of benzene rings is 1. The first-order chi connectivity index (χ1) is 16.9. The first-order valence-corrected chi connectivity index (χ1v) is 12.3. The predicted molar refractivity (Wildman–Crippen MR) is 122 cm³/mol. The zero-order valence-electron chi connectivity index (χ0n) is 20.8. The maximum absolute atomic E-state index is 13.9. The van der Waals surface area contributed by atoms with Crippen molar-refractivity contribution in [2.75, 3.05) is 6.61 Å². The van der Waals surface area contributed by atoms with E-state index in [1.54, 1.807) is 0 Å². The summed E-state index contributed by atoms with van der Waals surface area (Å²) in [6.07, 6.45) is -7.53. The summed E-state index contributed by atoms with van der Waals surface area (Å²) in [5.41, 5.74) is -6.06. The van der Waals surface area contributed by atoms with Gasteiger partial charge in [0.2, 0.25) is 0 Å². The van der Waals surface area contributed by atoms with Crippen LogP contribution in [0.1, 0.15) is 58.4 Å². The van der Waals surface area contributed by atoms with Gasteiger partial charge in [0.15, 0.2) is 0 Å². The Morgan fingerprint density at radius 1 is 1.11 bits per heavy atom. The molecular weight excluding hydrogens is 504 g/mol. The molecule has 3 atom stereocenters. The summed E-state index contributed by atoms with van der Waals surface area (Å²) in [6, 6.07) is 1.62. The molecule has 6 rings (SSSR count). The Kier molecular flexibility index (Phi) is 5.73. The van der Waals surface area contributed by atoms with E-state index in [0.717, 1.165) is 6.07 Å². The van der Waals surface area contributed by atoms with Crippen molar-refractivity contribution in [2.24, 2.45) is 10.8 Å². The number of aliphatic hydroxyl groups is 2. The zero-order valence-corrected chi connectivity index (χ0v) is 20.8. The highest BCUT2D eigenvalue weighted by Crippen LogP contribution is 2.82. The maximum atomic E-state index is 13.9. The molecule has 0 radical (unpaired) electrons. The van der Waals surface area contributed by atoms with Crippen LogP contribution in [-0.2, 0) is 12.7 Å². The molecule has 1 saturated heterocycles. The molecule has 2 aromatic rings. The van der Waals surface area contributed by atoms with Gasteiger partial charge in [-0.15, -0.1) is 0 Å². The third-order valence-corrected chi connectivity index (χ3v) is 8.37. The highest BCUT2D eigenvalue weighted by Gasteiger charge is 2.83. The summed E-state index contributed by atoms with van der Waals surface area (Å²) in [7, 11) is 0. The van der Waals surface area contributed by atoms with Gasteiger partial charge < -0.3 is 24.8 Å². The molecule has 3 N–H and O–H groups in total. The van der Waals surface area contributed by atoms with E-state index in [4.69, 9.17) is 4.74 Å². The van der Waals surface area contributed by atoms with E-state index in [2.05, 4.69) is 10.3 Å². The molecule has 0 amide bonds. The van der Waals surface area contributed by atoms with E-state index >= 15 is 0 Å². The molecule has 4 aliphatic rings. The van der Waals surface area contributed by atoms with Crippen LogP contribution >= 0.6 is 0 Å². The second-order valence-electron chi connectivity index (χ2n) is 12.1. The normalized spacial score (nSPS) is 34.2. The van der Waals surface area contributed by atoms with Crippen molar-refractivity contribution in [3.05, 3.63) is 24.0 Å². The lowest BCUT2D eigenvalue weighted by Crippen LogP contribution is -2.78. The minimum absolute atomic E-state index is 0.0570. The quantitative estimate of drug-likeness (QED) is 0.463. The maximum Gasteiger partial charge on any atom is 0.418 e. The van der Waals surface area contributed by atoms with Gasteiger partial charge in [-0.2, -0.15) is 26.3 Å². The van der Waals surface area contributed by atoms with E-state index in [9.17, 15) is 36.6 Å². The molecule has 3 aliphatic carbocycles. The van der Waals surface area contributed by atoms with Crippen LogP contribution in [0.15, 0.2) is 18.5 Å². The molecule has 6 nitrogen and oxygen atoms in total. The third-order valence-electron chi connectivity index (χ3n) is 8.37. The van der Waals surface area contributed by atoms with Gasteiger partial charge in [-0.05, 0) is 58.9 Å². The number of nitrogens with one attached hydrogen (secondary N) is 1. The predicted octanol–water partition coefficient (Wildman–Crippen LogP) is 4.81. The number of imidazole rings is 1. The van der Waals surface area contributed by atoms with Gasteiger partial charge in [-0.3, -0.25) is 0 Å². The molecule has 12 heteroatoms. The monoisotopic (exact) mass is 535 g/mol. The van der Waals surface area contributed by atoms with Gasteiger partial charge >= 0.3 is 12.4 Å². The molecule has 206 valence electrons. The first kappa shape index (κ1) is 26.6. The van der Waals surface area contributed by atoms with Crippen molar-refractivity contribution in [1.29, 1.82) is 0 Å². The topological polar surface area (TPSA) is 79.5 Å². The molecule has 0 spiro atoms. The molecule has 2 bridgehead atoms. The lowest BCUT2D eigenvalue weighted by molar-refractivity contribution is -0.403. The highest BCUT2D eigenvalue weighted by atomic mass is 19.4. The second kappa shape index (κ2) is 7.98. The summed E-state index contributed by atoms with van der Waals surface area (Å²) in [4.78, 5) is 4.07. The molecule has 37 heavy (non-hydrogen) atoms. The van der Waals surface area contributed by atoms with Gasteiger partial charge in [0, 0.05) is 23.6 Å². The van der Waals surface area contributed by atoms with Crippen molar-refractivity contribution in [3.8, 4) is 5.75 Å². The molecule has 1 aromatic carbocycles. The van der Waals surface area contributed by atoms with Gasteiger partial charge in [-0.25, -0.2) is 4.98 Å². The van der Waals surface area contributed by atoms with Crippen molar-refractivity contribution in [2.45, 2.75) is 95.1 Å². The average Bonchev–Trinajstić information content (AvgIpc) is 3.01. The SMILES string of the molecule is C[C@H]1C[C@@](O)(C23CC(C(F)(F)F)(C2)C3)C[C@@H](COc2cc(C(F)(F)F)c3c(c2)ncn3CC(C)(C)O)N1. The highest BCUT2D eigenvalue weighted by molar-refractivity contribution is 5.81. The lowest BCUT2D eigenvalue weighted by atomic mass is 9.29. The Morgan fingerprint density at radius 3 is 2.32 bits per heavy atom. The number of hydrogen-bond acceptors (Lipinski definition) is 5. The van der Waals surface area contributed by atoms with Crippen LogP contribution in [0.2, 0.25) is 0 Å². The average molecular weight is 536 g/mol. The Hall–Kier alpha value is -2.05. The Labute approximate surface area is 210 Å². The minimum atomic E-state index is -4.70. The number of fused-ring (bicyclic) bond motifs is 1. The number of piperidine rings is 1. The zero-order chi connectivity index (χ0) is 27.2. The fourth-order valence-electron chi connectivity index (χ4n) is 6.86. The molecule has 0 unspecified atom stereocenters. The minimum Gasteiger partial charge on any atom is -0.492 e. The van der Waals surface area contributed by atoms with E-state index in [1.807, 2.05) is 6.92 Å². The smallest absolute Gasteiger partial charge is 0.418 e. The van der Waals surface area contributed by atoms with Gasteiger partial charge in [0.05, 0.1) is 46.1 Å². The fraction of sp³-hybridized carbons (Fsp3) is 0.720. The number of rotatable bonds is 6. The summed E-state index contributed by atoms with van der Waals surface area (Å²) >= 11 is 0. The van der Waals surface area contributed by atoms with Crippen molar-refractivity contribution in [3.63, 3.8) is 0 Å². The Bertz CT molecular complexity index is 1180. The van der Waals surface area contributed by atoms with Crippen LogP contribution in [0.4, 0.5) is 26.3 Å². The number of nitrogens with zero attached hydrogens (tertiary/aromatic N) is 2. The Balaban J connectivity index is 1.33. The van der Waals surface area contributed by atoms with E-state index < -0.39 is 46.0 Å². The Morgan fingerprint density at radius 2 is 1.76 bits per heavy atom. The summed E-state index contributed by atoms with van der Waals surface area (Å²) in [5.74, 6) is -0.0570. The van der Waals surface area contributed by atoms with Crippen molar-refractivity contribution >= 4 is 11.0 Å². The lowest BCUT2D eigenvalue weighted by Gasteiger charge is -2.76. The van der Waals surface area contributed by atoms with Gasteiger partial charge in [-0.1, -0.05) is 0 Å². The summed E-state index contributed by atoms with van der Waals surface area (Å²) in [6.45, 7) is 4.63. The van der Waals surface area contributed by atoms with Gasteiger partial charge in [0.25, 0.3) is 0 Å². The number of halogens is 6. The van der Waals surface area contributed by atoms with Crippen LogP contribution in [0.3, 0.4) is 0 Å². The number of ether oxygens (including phenoxy) is 1. The number of aromatic nitrogens is 2.